The summed E-state index contributed by atoms with van der Waals surface area (Å²) in [6.07, 6.45) is 4.59. The second kappa shape index (κ2) is 6.37. The number of hydrogen-bond acceptors (Lipinski definition) is 4. The normalized spacial score (nSPS) is 14.7. The molecule has 0 radical (unpaired) electrons. The predicted molar refractivity (Wildman–Crippen MR) is 85.0 cm³/mol. The van der Waals surface area contributed by atoms with Gasteiger partial charge in [-0.1, -0.05) is 0 Å². The van der Waals surface area contributed by atoms with E-state index in [0.717, 1.165) is 31.5 Å². The van der Waals surface area contributed by atoms with Gasteiger partial charge in [-0.3, -0.25) is 4.90 Å². The molecule has 2 aromatic rings. The maximum absolute atomic E-state index is 4.34. The second-order valence-corrected chi connectivity index (χ2v) is 6.13. The Morgan fingerprint density at radius 3 is 2.85 bits per heavy atom. The lowest BCUT2D eigenvalue weighted by atomic mass is 10.2. The highest BCUT2D eigenvalue weighted by atomic mass is 32.1. The van der Waals surface area contributed by atoms with E-state index in [-0.39, 0.29) is 0 Å². The Hall–Kier alpha value is -1.39. The molecule has 0 aliphatic heterocycles. The lowest BCUT2D eigenvalue weighted by Crippen LogP contribution is -2.24. The van der Waals surface area contributed by atoms with Crippen molar-refractivity contribution in [1.82, 2.24) is 9.88 Å². The molecule has 2 heterocycles. The average molecular weight is 287 g/mol. The first-order valence-corrected chi connectivity index (χ1v) is 8.23. The quantitative estimate of drug-likeness (QED) is 0.841. The van der Waals surface area contributed by atoms with Gasteiger partial charge in [0, 0.05) is 31.9 Å². The topological polar surface area (TPSA) is 28.2 Å². The van der Waals surface area contributed by atoms with Gasteiger partial charge in [0.1, 0.15) is 5.82 Å². The van der Waals surface area contributed by atoms with E-state index in [0.29, 0.717) is 0 Å². The number of nitrogens with zero attached hydrogens (tertiary/aromatic N) is 2. The van der Waals surface area contributed by atoms with Gasteiger partial charge in [-0.15, -0.1) is 0 Å². The summed E-state index contributed by atoms with van der Waals surface area (Å²) in [5.41, 5.74) is 2.78. The standard InChI is InChI=1S/C16H21N3S/c1-2-17-16-9-13(5-7-18-16)10-19(15-3-4-15)11-14-6-8-20-12-14/h5-9,12,15H,2-4,10-11H2,1H3,(H,17,18). The molecule has 0 saturated heterocycles. The van der Waals surface area contributed by atoms with Crippen LogP contribution in [0.2, 0.25) is 0 Å². The predicted octanol–water partition coefficient (Wildman–Crippen LogP) is 3.74. The molecule has 0 spiro atoms. The minimum Gasteiger partial charge on any atom is -0.370 e. The number of anilines is 1. The van der Waals surface area contributed by atoms with Crippen LogP contribution in [-0.4, -0.2) is 22.5 Å². The van der Waals surface area contributed by atoms with E-state index in [1.807, 2.05) is 6.20 Å². The van der Waals surface area contributed by atoms with E-state index >= 15 is 0 Å². The van der Waals surface area contributed by atoms with Crippen molar-refractivity contribution in [3.8, 4) is 0 Å². The molecule has 106 valence electrons. The third-order valence-electron chi connectivity index (χ3n) is 3.60. The Morgan fingerprint density at radius 1 is 1.30 bits per heavy atom. The van der Waals surface area contributed by atoms with E-state index in [1.165, 1.54) is 24.0 Å². The third kappa shape index (κ3) is 3.58. The van der Waals surface area contributed by atoms with Crippen molar-refractivity contribution in [2.24, 2.45) is 0 Å². The number of nitrogens with one attached hydrogen (secondary N) is 1. The summed E-state index contributed by atoms with van der Waals surface area (Å²) in [6.45, 7) is 5.09. The highest BCUT2D eigenvalue weighted by Gasteiger charge is 2.29. The lowest BCUT2D eigenvalue weighted by Gasteiger charge is -2.21. The molecule has 2 aromatic heterocycles. The van der Waals surface area contributed by atoms with Gasteiger partial charge in [0.25, 0.3) is 0 Å². The molecule has 1 aliphatic rings. The number of thiophene rings is 1. The molecular weight excluding hydrogens is 266 g/mol. The molecule has 1 saturated carbocycles. The summed E-state index contributed by atoms with van der Waals surface area (Å²) in [5.74, 6) is 0.983. The van der Waals surface area contributed by atoms with Crippen LogP contribution in [-0.2, 0) is 13.1 Å². The molecule has 1 aliphatic carbocycles. The van der Waals surface area contributed by atoms with Crippen LogP contribution >= 0.6 is 11.3 Å². The zero-order chi connectivity index (χ0) is 13.8. The zero-order valence-electron chi connectivity index (χ0n) is 11.9. The van der Waals surface area contributed by atoms with Crippen LogP contribution in [0, 0.1) is 0 Å². The molecule has 0 atom stereocenters. The van der Waals surface area contributed by atoms with Crippen molar-refractivity contribution < 1.29 is 0 Å². The molecule has 0 aromatic carbocycles. The van der Waals surface area contributed by atoms with E-state index in [9.17, 15) is 0 Å². The molecule has 0 bridgehead atoms. The molecule has 1 fully saturated rings. The Kier molecular flexibility index (Phi) is 4.33. The SMILES string of the molecule is CCNc1cc(CN(Cc2ccsc2)C2CC2)ccn1. The first-order chi connectivity index (χ1) is 9.85. The van der Waals surface area contributed by atoms with Crippen LogP contribution in [0.15, 0.2) is 35.2 Å². The van der Waals surface area contributed by atoms with Gasteiger partial charge in [-0.05, 0) is 59.9 Å². The second-order valence-electron chi connectivity index (χ2n) is 5.35. The minimum absolute atomic E-state index is 0.769. The van der Waals surface area contributed by atoms with Gasteiger partial charge in [0.15, 0.2) is 0 Å². The molecule has 3 nitrogen and oxygen atoms in total. The van der Waals surface area contributed by atoms with Crippen LogP contribution in [0.4, 0.5) is 5.82 Å². The molecule has 1 N–H and O–H groups in total. The molecule has 0 amide bonds. The van der Waals surface area contributed by atoms with Crippen LogP contribution < -0.4 is 5.32 Å². The van der Waals surface area contributed by atoms with Crippen LogP contribution in [0.5, 0.6) is 0 Å². The fourth-order valence-corrected chi connectivity index (χ4v) is 3.12. The lowest BCUT2D eigenvalue weighted by molar-refractivity contribution is 0.246. The first kappa shape index (κ1) is 13.6. The Bertz CT molecular complexity index is 534. The van der Waals surface area contributed by atoms with Crippen molar-refractivity contribution >= 4 is 17.2 Å². The molecule has 3 rings (SSSR count). The summed E-state index contributed by atoms with van der Waals surface area (Å²) in [7, 11) is 0. The summed E-state index contributed by atoms with van der Waals surface area (Å²) < 4.78 is 0. The van der Waals surface area contributed by atoms with E-state index < -0.39 is 0 Å². The molecule has 20 heavy (non-hydrogen) atoms. The van der Waals surface area contributed by atoms with Gasteiger partial charge in [0.2, 0.25) is 0 Å². The number of rotatable bonds is 7. The van der Waals surface area contributed by atoms with Crippen LogP contribution in [0.25, 0.3) is 0 Å². The Labute approximate surface area is 124 Å². The zero-order valence-corrected chi connectivity index (χ0v) is 12.7. The highest BCUT2D eigenvalue weighted by molar-refractivity contribution is 7.07. The minimum atomic E-state index is 0.769. The van der Waals surface area contributed by atoms with Gasteiger partial charge in [0.05, 0.1) is 0 Å². The van der Waals surface area contributed by atoms with Crippen molar-refractivity contribution in [2.45, 2.75) is 38.9 Å². The Morgan fingerprint density at radius 2 is 2.15 bits per heavy atom. The van der Waals surface area contributed by atoms with E-state index in [4.69, 9.17) is 0 Å². The van der Waals surface area contributed by atoms with Crippen molar-refractivity contribution in [3.05, 3.63) is 46.3 Å². The summed E-state index contributed by atoms with van der Waals surface area (Å²) in [5, 5.41) is 7.70. The van der Waals surface area contributed by atoms with Gasteiger partial charge < -0.3 is 5.32 Å². The third-order valence-corrected chi connectivity index (χ3v) is 4.33. The van der Waals surface area contributed by atoms with E-state index in [2.05, 4.69) is 51.1 Å². The molecule has 4 heteroatoms. The largest absolute Gasteiger partial charge is 0.370 e. The van der Waals surface area contributed by atoms with Gasteiger partial charge in [-0.25, -0.2) is 4.98 Å². The fourth-order valence-electron chi connectivity index (χ4n) is 2.46. The molecular formula is C16H21N3S. The maximum atomic E-state index is 4.34. The van der Waals surface area contributed by atoms with Crippen LogP contribution in [0.3, 0.4) is 0 Å². The number of aromatic nitrogens is 1. The van der Waals surface area contributed by atoms with Crippen molar-refractivity contribution in [3.63, 3.8) is 0 Å². The molecule has 0 unspecified atom stereocenters. The Balaban J connectivity index is 1.68. The smallest absolute Gasteiger partial charge is 0.126 e. The summed E-state index contributed by atoms with van der Waals surface area (Å²) >= 11 is 1.78. The average Bonchev–Trinajstić information content (AvgIpc) is 3.18. The fraction of sp³-hybridized carbons (Fsp3) is 0.438. The van der Waals surface area contributed by atoms with Crippen LogP contribution in [0.1, 0.15) is 30.9 Å². The first-order valence-electron chi connectivity index (χ1n) is 7.29. The van der Waals surface area contributed by atoms with E-state index in [1.54, 1.807) is 11.3 Å². The number of pyridine rings is 1. The maximum Gasteiger partial charge on any atom is 0.126 e. The highest BCUT2D eigenvalue weighted by Crippen LogP contribution is 2.30. The van der Waals surface area contributed by atoms with Crippen molar-refractivity contribution in [1.29, 1.82) is 0 Å². The van der Waals surface area contributed by atoms with Crippen molar-refractivity contribution in [2.75, 3.05) is 11.9 Å². The van der Waals surface area contributed by atoms with Gasteiger partial charge in [-0.2, -0.15) is 11.3 Å². The number of hydrogen-bond donors (Lipinski definition) is 1. The summed E-state index contributed by atoms with van der Waals surface area (Å²) in [6, 6.07) is 7.30. The monoisotopic (exact) mass is 287 g/mol. The summed E-state index contributed by atoms with van der Waals surface area (Å²) in [4.78, 5) is 6.94. The van der Waals surface area contributed by atoms with Gasteiger partial charge >= 0.3 is 0 Å².